The molecule has 0 saturated carbocycles. The summed E-state index contributed by atoms with van der Waals surface area (Å²) in [6, 6.07) is 0.128. The van der Waals surface area contributed by atoms with E-state index in [0.29, 0.717) is 26.2 Å². The van der Waals surface area contributed by atoms with Crippen LogP contribution in [0.15, 0.2) is 0 Å². The molecule has 0 aromatic carbocycles. The highest BCUT2D eigenvalue weighted by Gasteiger charge is 2.26. The van der Waals surface area contributed by atoms with Crippen molar-refractivity contribution in [2.45, 2.75) is 0 Å². The summed E-state index contributed by atoms with van der Waals surface area (Å²) in [5, 5.41) is 0. The van der Waals surface area contributed by atoms with Crippen LogP contribution >= 0.6 is 0 Å². The number of piperazine rings is 2. The van der Waals surface area contributed by atoms with Gasteiger partial charge in [-0.2, -0.15) is 0 Å². The van der Waals surface area contributed by atoms with Gasteiger partial charge in [0.2, 0.25) is 6.41 Å². The summed E-state index contributed by atoms with van der Waals surface area (Å²) >= 11 is 0. The number of nitrogens with zero attached hydrogens (tertiary/aromatic N) is 4. The molecule has 0 N–H and O–H groups in total. The Morgan fingerprint density at radius 1 is 0.882 bits per heavy atom. The first-order valence-electron chi connectivity index (χ1n) is 6.12. The van der Waals surface area contributed by atoms with E-state index in [-0.39, 0.29) is 6.03 Å². The van der Waals surface area contributed by atoms with Crippen molar-refractivity contribution in [3.05, 3.63) is 0 Å². The molecule has 2 aliphatic heterocycles. The van der Waals surface area contributed by atoms with Gasteiger partial charge in [-0.25, -0.2) is 4.79 Å². The average Bonchev–Trinajstić information content (AvgIpc) is 2.39. The Labute approximate surface area is 102 Å². The normalized spacial score (nSPS) is 22.8. The zero-order valence-electron chi connectivity index (χ0n) is 10.3. The largest absolute Gasteiger partial charge is 0.342 e. The second kappa shape index (κ2) is 5.35. The second-order valence-corrected chi connectivity index (χ2v) is 4.70. The first-order chi connectivity index (χ1) is 8.20. The van der Waals surface area contributed by atoms with Gasteiger partial charge in [0.05, 0.1) is 0 Å². The van der Waals surface area contributed by atoms with Crippen molar-refractivity contribution in [1.82, 2.24) is 19.6 Å². The van der Waals surface area contributed by atoms with Crippen LogP contribution in [0.5, 0.6) is 0 Å². The number of rotatable bonds is 1. The number of carbonyl (C=O) groups is 2. The molecule has 0 atom stereocenters. The van der Waals surface area contributed by atoms with E-state index in [9.17, 15) is 9.59 Å². The Bertz CT molecular complexity index is 281. The number of hydrogen-bond acceptors (Lipinski definition) is 3. The van der Waals surface area contributed by atoms with E-state index < -0.39 is 0 Å². The minimum Gasteiger partial charge on any atom is -0.342 e. The molecule has 0 aromatic heterocycles. The molecule has 2 heterocycles. The SMILES string of the molecule is CN1CCN(C(=O)N2CCN(C=O)CC2)CC1. The Hall–Kier alpha value is -1.30. The first kappa shape index (κ1) is 12.2. The third kappa shape index (κ3) is 2.88. The van der Waals surface area contributed by atoms with Crippen LogP contribution in [0.4, 0.5) is 4.79 Å². The van der Waals surface area contributed by atoms with Crippen molar-refractivity contribution < 1.29 is 9.59 Å². The molecule has 0 bridgehead atoms. The van der Waals surface area contributed by atoms with Crippen LogP contribution in [0, 0.1) is 0 Å². The molecule has 6 nitrogen and oxygen atoms in total. The first-order valence-corrected chi connectivity index (χ1v) is 6.12. The maximum atomic E-state index is 12.2. The zero-order chi connectivity index (χ0) is 12.3. The third-order valence-electron chi connectivity index (χ3n) is 3.51. The number of hydrogen-bond donors (Lipinski definition) is 0. The molecule has 0 spiro atoms. The average molecular weight is 240 g/mol. The van der Waals surface area contributed by atoms with Crippen molar-refractivity contribution in [3.8, 4) is 0 Å². The van der Waals surface area contributed by atoms with Gasteiger partial charge in [0, 0.05) is 52.4 Å². The van der Waals surface area contributed by atoms with Crippen molar-refractivity contribution in [2.24, 2.45) is 0 Å². The molecule has 0 aliphatic carbocycles. The molecule has 2 aliphatic rings. The summed E-state index contributed by atoms with van der Waals surface area (Å²) in [6.07, 6.45) is 0.859. The summed E-state index contributed by atoms with van der Waals surface area (Å²) in [5.74, 6) is 0. The van der Waals surface area contributed by atoms with Crippen molar-refractivity contribution >= 4 is 12.4 Å². The van der Waals surface area contributed by atoms with Gasteiger partial charge in [-0.1, -0.05) is 0 Å². The summed E-state index contributed by atoms with van der Waals surface area (Å²) in [7, 11) is 2.07. The molecule has 2 saturated heterocycles. The minimum atomic E-state index is 0.128. The van der Waals surface area contributed by atoms with Crippen LogP contribution in [0.25, 0.3) is 0 Å². The highest BCUT2D eigenvalue weighted by Crippen LogP contribution is 2.07. The number of carbonyl (C=O) groups excluding carboxylic acids is 2. The van der Waals surface area contributed by atoms with Crippen LogP contribution in [0.3, 0.4) is 0 Å². The molecule has 6 heteroatoms. The Morgan fingerprint density at radius 3 is 1.82 bits per heavy atom. The molecule has 3 amide bonds. The minimum absolute atomic E-state index is 0.128. The molecule has 0 unspecified atom stereocenters. The van der Waals surface area contributed by atoms with Crippen LogP contribution in [0.2, 0.25) is 0 Å². The molecule has 2 fully saturated rings. The molecule has 0 aromatic rings. The highest BCUT2D eigenvalue weighted by atomic mass is 16.2. The molecular weight excluding hydrogens is 220 g/mol. The van der Waals surface area contributed by atoms with Crippen molar-refractivity contribution in [1.29, 1.82) is 0 Å². The fourth-order valence-corrected chi connectivity index (χ4v) is 2.22. The fourth-order valence-electron chi connectivity index (χ4n) is 2.22. The van der Waals surface area contributed by atoms with E-state index in [1.807, 2.05) is 9.80 Å². The lowest BCUT2D eigenvalue weighted by Crippen LogP contribution is -2.56. The molecule has 17 heavy (non-hydrogen) atoms. The predicted octanol–water partition coefficient (Wildman–Crippen LogP) is -0.872. The second-order valence-electron chi connectivity index (χ2n) is 4.70. The van der Waals surface area contributed by atoms with Gasteiger partial charge >= 0.3 is 6.03 Å². The maximum absolute atomic E-state index is 12.2. The van der Waals surface area contributed by atoms with Gasteiger partial charge in [-0.15, -0.1) is 0 Å². The lowest BCUT2D eigenvalue weighted by molar-refractivity contribution is -0.119. The molecule has 2 rings (SSSR count). The summed E-state index contributed by atoms with van der Waals surface area (Å²) in [6.45, 7) is 6.13. The van der Waals surface area contributed by atoms with Gasteiger partial charge in [0.25, 0.3) is 0 Å². The fraction of sp³-hybridized carbons (Fsp3) is 0.818. The Balaban J connectivity index is 1.82. The standard InChI is InChI=1S/C11H20N4O2/c1-12-2-6-14(7-3-12)11(17)15-8-4-13(10-16)5-9-15/h10H,2-9H2,1H3. The summed E-state index contributed by atoms with van der Waals surface area (Å²) in [5.41, 5.74) is 0. The molecule has 96 valence electrons. The van der Waals surface area contributed by atoms with Gasteiger partial charge in [0.15, 0.2) is 0 Å². The maximum Gasteiger partial charge on any atom is 0.320 e. The predicted molar refractivity (Wildman–Crippen MR) is 63.7 cm³/mol. The number of urea groups is 1. The van der Waals surface area contributed by atoms with Crippen molar-refractivity contribution in [2.75, 3.05) is 59.4 Å². The van der Waals surface area contributed by atoms with E-state index in [1.54, 1.807) is 4.90 Å². The topological polar surface area (TPSA) is 47.1 Å². The number of amides is 3. The lowest BCUT2D eigenvalue weighted by Gasteiger charge is -2.39. The summed E-state index contributed by atoms with van der Waals surface area (Å²) in [4.78, 5) is 30.5. The molecule has 0 radical (unpaired) electrons. The van der Waals surface area contributed by atoms with E-state index in [2.05, 4.69) is 11.9 Å². The van der Waals surface area contributed by atoms with E-state index in [4.69, 9.17) is 0 Å². The summed E-state index contributed by atoms with van der Waals surface area (Å²) < 4.78 is 0. The van der Waals surface area contributed by atoms with Gasteiger partial charge in [-0.05, 0) is 7.05 Å². The van der Waals surface area contributed by atoms with Crippen molar-refractivity contribution in [3.63, 3.8) is 0 Å². The molecular formula is C11H20N4O2. The third-order valence-corrected chi connectivity index (χ3v) is 3.51. The van der Waals surface area contributed by atoms with Crippen LogP contribution in [-0.4, -0.2) is 91.4 Å². The van der Waals surface area contributed by atoms with Gasteiger partial charge in [-0.3, -0.25) is 4.79 Å². The van der Waals surface area contributed by atoms with Crippen LogP contribution < -0.4 is 0 Å². The quantitative estimate of drug-likeness (QED) is 0.560. The van der Waals surface area contributed by atoms with E-state index in [1.165, 1.54) is 0 Å². The smallest absolute Gasteiger partial charge is 0.320 e. The van der Waals surface area contributed by atoms with E-state index in [0.717, 1.165) is 32.6 Å². The van der Waals surface area contributed by atoms with Gasteiger partial charge in [0.1, 0.15) is 0 Å². The van der Waals surface area contributed by atoms with E-state index >= 15 is 0 Å². The monoisotopic (exact) mass is 240 g/mol. The number of likely N-dealkylation sites (N-methyl/N-ethyl adjacent to an activating group) is 1. The lowest BCUT2D eigenvalue weighted by atomic mass is 10.3. The Morgan fingerprint density at radius 2 is 1.35 bits per heavy atom. The van der Waals surface area contributed by atoms with Crippen LogP contribution in [-0.2, 0) is 4.79 Å². The highest BCUT2D eigenvalue weighted by molar-refractivity contribution is 5.74. The van der Waals surface area contributed by atoms with Crippen LogP contribution in [0.1, 0.15) is 0 Å². The Kier molecular flexibility index (Phi) is 3.83. The van der Waals surface area contributed by atoms with Gasteiger partial charge < -0.3 is 19.6 Å². The zero-order valence-corrected chi connectivity index (χ0v) is 10.3.